The maximum atomic E-state index is 12.9. The molecule has 0 saturated carbocycles. The van der Waals surface area contributed by atoms with E-state index in [2.05, 4.69) is 21.6 Å². The Balaban J connectivity index is 1.52. The summed E-state index contributed by atoms with van der Waals surface area (Å²) >= 11 is 0. The van der Waals surface area contributed by atoms with Crippen molar-refractivity contribution in [2.75, 3.05) is 57.3 Å². The zero-order valence-corrected chi connectivity index (χ0v) is 14.9. The zero-order valence-electron chi connectivity index (χ0n) is 14.9. The predicted octanol–water partition coefficient (Wildman–Crippen LogP) is 3.56. The van der Waals surface area contributed by atoms with E-state index in [4.69, 9.17) is 0 Å². The summed E-state index contributed by atoms with van der Waals surface area (Å²) in [6.45, 7) is 10.3. The molecule has 2 heterocycles. The first-order chi connectivity index (χ1) is 12.0. The molecule has 0 aromatic heterocycles. The quantitative estimate of drug-likeness (QED) is 0.818. The molecule has 2 aliphatic heterocycles. The van der Waals surface area contributed by atoms with Gasteiger partial charge >= 0.3 is 6.18 Å². The molecule has 1 unspecified atom stereocenters. The van der Waals surface area contributed by atoms with Gasteiger partial charge < -0.3 is 9.80 Å². The van der Waals surface area contributed by atoms with Crippen LogP contribution < -0.4 is 4.90 Å². The Morgan fingerprint density at radius 2 is 1.80 bits per heavy atom. The highest BCUT2D eigenvalue weighted by atomic mass is 19.4. The number of alkyl halides is 3. The summed E-state index contributed by atoms with van der Waals surface area (Å²) < 4.78 is 38.7. The molecule has 0 amide bonds. The summed E-state index contributed by atoms with van der Waals surface area (Å²) in [5.41, 5.74) is 0.124. The standard InChI is InChI=1S/C19H28F3N3/c1-2-23-8-4-5-16(14-23)15-24-9-11-25(12-10-24)18-7-3-6-17(13-18)19(20,21)22/h3,6-7,13,16H,2,4-5,8-12,14-15H2,1H3. The number of nitrogens with zero attached hydrogens (tertiary/aromatic N) is 3. The molecular formula is C19H28F3N3. The Morgan fingerprint density at radius 1 is 1.04 bits per heavy atom. The molecule has 6 heteroatoms. The summed E-state index contributed by atoms with van der Waals surface area (Å²) in [7, 11) is 0. The van der Waals surface area contributed by atoms with E-state index in [1.165, 1.54) is 38.1 Å². The Kier molecular flexibility index (Phi) is 5.89. The van der Waals surface area contributed by atoms with Crippen LogP contribution in [0.15, 0.2) is 24.3 Å². The van der Waals surface area contributed by atoms with Gasteiger partial charge in [0.25, 0.3) is 0 Å². The van der Waals surface area contributed by atoms with Crippen molar-refractivity contribution in [3.8, 4) is 0 Å². The number of piperazine rings is 1. The molecular weight excluding hydrogens is 327 g/mol. The molecule has 1 aromatic rings. The van der Waals surface area contributed by atoms with Crippen molar-refractivity contribution in [1.82, 2.24) is 9.80 Å². The summed E-state index contributed by atoms with van der Waals surface area (Å²) in [5, 5.41) is 0. The lowest BCUT2D eigenvalue weighted by Gasteiger charge is -2.40. The molecule has 0 aliphatic carbocycles. The number of rotatable bonds is 4. The zero-order chi connectivity index (χ0) is 17.9. The smallest absolute Gasteiger partial charge is 0.369 e. The van der Waals surface area contributed by atoms with Gasteiger partial charge in [-0.2, -0.15) is 13.2 Å². The van der Waals surface area contributed by atoms with E-state index in [9.17, 15) is 13.2 Å². The van der Waals surface area contributed by atoms with E-state index < -0.39 is 11.7 Å². The van der Waals surface area contributed by atoms with Crippen molar-refractivity contribution in [3.63, 3.8) is 0 Å². The molecule has 0 spiro atoms. The van der Waals surface area contributed by atoms with Gasteiger partial charge in [-0.3, -0.25) is 4.90 Å². The summed E-state index contributed by atoms with van der Waals surface area (Å²) in [6, 6.07) is 5.70. The minimum Gasteiger partial charge on any atom is -0.369 e. The van der Waals surface area contributed by atoms with Gasteiger partial charge in [-0.15, -0.1) is 0 Å². The van der Waals surface area contributed by atoms with Gasteiger partial charge in [-0.1, -0.05) is 13.0 Å². The van der Waals surface area contributed by atoms with Gasteiger partial charge in [0.1, 0.15) is 0 Å². The summed E-state index contributed by atoms with van der Waals surface area (Å²) in [4.78, 5) is 7.08. The minimum absolute atomic E-state index is 0.561. The fraction of sp³-hybridized carbons (Fsp3) is 0.684. The normalized spacial score (nSPS) is 23.8. The van der Waals surface area contributed by atoms with Crippen molar-refractivity contribution in [3.05, 3.63) is 29.8 Å². The van der Waals surface area contributed by atoms with Crippen molar-refractivity contribution >= 4 is 5.69 Å². The van der Waals surface area contributed by atoms with E-state index in [-0.39, 0.29) is 0 Å². The number of halogens is 3. The van der Waals surface area contributed by atoms with Crippen molar-refractivity contribution in [2.45, 2.75) is 25.9 Å². The predicted molar refractivity (Wildman–Crippen MR) is 94.9 cm³/mol. The first-order valence-electron chi connectivity index (χ1n) is 9.32. The molecule has 3 rings (SSSR count). The van der Waals surface area contributed by atoms with E-state index in [1.54, 1.807) is 6.07 Å². The van der Waals surface area contributed by atoms with Crippen LogP contribution >= 0.6 is 0 Å². The lowest BCUT2D eigenvalue weighted by molar-refractivity contribution is -0.137. The first kappa shape index (κ1) is 18.5. The number of benzene rings is 1. The average Bonchev–Trinajstić information content (AvgIpc) is 2.62. The lowest BCUT2D eigenvalue weighted by atomic mass is 9.97. The molecule has 2 fully saturated rings. The fourth-order valence-electron chi connectivity index (χ4n) is 4.02. The molecule has 0 bridgehead atoms. The van der Waals surface area contributed by atoms with E-state index in [0.29, 0.717) is 5.69 Å². The SMILES string of the molecule is CCN1CCCC(CN2CCN(c3cccc(C(F)(F)F)c3)CC2)C1. The average molecular weight is 355 g/mol. The Labute approximate surface area is 148 Å². The van der Waals surface area contributed by atoms with Gasteiger partial charge in [-0.25, -0.2) is 0 Å². The third-order valence-corrected chi connectivity index (χ3v) is 5.48. The van der Waals surface area contributed by atoms with Gasteiger partial charge in [0.05, 0.1) is 5.56 Å². The number of likely N-dealkylation sites (tertiary alicyclic amines) is 1. The highest BCUT2D eigenvalue weighted by Gasteiger charge is 2.31. The minimum atomic E-state index is -4.27. The highest BCUT2D eigenvalue weighted by Crippen LogP contribution is 2.32. The van der Waals surface area contributed by atoms with Gasteiger partial charge in [0.15, 0.2) is 0 Å². The van der Waals surface area contributed by atoms with E-state index in [1.807, 2.05) is 0 Å². The number of piperidine rings is 1. The van der Waals surface area contributed by atoms with Gasteiger partial charge in [0.2, 0.25) is 0 Å². The number of hydrogen-bond acceptors (Lipinski definition) is 3. The molecule has 25 heavy (non-hydrogen) atoms. The number of anilines is 1. The van der Waals surface area contributed by atoms with Crippen molar-refractivity contribution in [2.24, 2.45) is 5.92 Å². The second kappa shape index (κ2) is 7.96. The highest BCUT2D eigenvalue weighted by molar-refractivity contribution is 5.49. The van der Waals surface area contributed by atoms with Crippen LogP contribution in [-0.2, 0) is 6.18 Å². The Morgan fingerprint density at radius 3 is 2.48 bits per heavy atom. The van der Waals surface area contributed by atoms with Crippen LogP contribution in [0, 0.1) is 5.92 Å². The molecule has 0 radical (unpaired) electrons. The fourth-order valence-corrected chi connectivity index (χ4v) is 4.02. The van der Waals surface area contributed by atoms with Gasteiger partial charge in [0, 0.05) is 45.0 Å². The second-order valence-corrected chi connectivity index (χ2v) is 7.24. The molecule has 1 aromatic carbocycles. The maximum Gasteiger partial charge on any atom is 0.416 e. The van der Waals surface area contributed by atoms with Crippen LogP contribution in [0.2, 0.25) is 0 Å². The summed E-state index contributed by atoms with van der Waals surface area (Å²) in [5.74, 6) is 0.730. The van der Waals surface area contributed by atoms with E-state index >= 15 is 0 Å². The Bertz CT molecular complexity index is 553. The van der Waals surface area contributed by atoms with Crippen molar-refractivity contribution < 1.29 is 13.2 Å². The first-order valence-corrected chi connectivity index (χ1v) is 9.32. The lowest BCUT2D eigenvalue weighted by Crippen LogP contribution is -2.49. The third-order valence-electron chi connectivity index (χ3n) is 5.48. The van der Waals surface area contributed by atoms with Crippen LogP contribution in [0.5, 0.6) is 0 Å². The Hall–Kier alpha value is -1.27. The molecule has 2 aliphatic rings. The van der Waals surface area contributed by atoms with Crippen LogP contribution in [-0.4, -0.2) is 62.2 Å². The molecule has 2 saturated heterocycles. The van der Waals surface area contributed by atoms with Crippen LogP contribution in [0.3, 0.4) is 0 Å². The maximum absolute atomic E-state index is 12.9. The monoisotopic (exact) mass is 355 g/mol. The molecule has 1 atom stereocenters. The summed E-state index contributed by atoms with van der Waals surface area (Å²) in [6.07, 6.45) is -1.70. The van der Waals surface area contributed by atoms with Crippen LogP contribution in [0.1, 0.15) is 25.3 Å². The second-order valence-electron chi connectivity index (χ2n) is 7.24. The van der Waals surface area contributed by atoms with E-state index in [0.717, 1.165) is 51.3 Å². The van der Waals surface area contributed by atoms with Crippen LogP contribution in [0.25, 0.3) is 0 Å². The molecule has 140 valence electrons. The largest absolute Gasteiger partial charge is 0.416 e. The topological polar surface area (TPSA) is 9.72 Å². The van der Waals surface area contributed by atoms with Crippen molar-refractivity contribution in [1.29, 1.82) is 0 Å². The van der Waals surface area contributed by atoms with Gasteiger partial charge in [-0.05, 0) is 50.0 Å². The third kappa shape index (κ3) is 4.88. The molecule has 0 N–H and O–H groups in total. The molecule has 3 nitrogen and oxygen atoms in total. The van der Waals surface area contributed by atoms with Crippen LogP contribution in [0.4, 0.5) is 18.9 Å². The number of hydrogen-bond donors (Lipinski definition) is 0.